The van der Waals surface area contributed by atoms with Crippen LogP contribution in [0.1, 0.15) is 6.42 Å². The molecule has 1 aromatic carbocycles. The number of benzene rings is 1. The van der Waals surface area contributed by atoms with Crippen LogP contribution in [0.15, 0.2) is 17.0 Å². The van der Waals surface area contributed by atoms with E-state index in [9.17, 15) is 13.2 Å². The van der Waals surface area contributed by atoms with E-state index in [0.29, 0.717) is 30.4 Å². The highest BCUT2D eigenvalue weighted by atomic mass is 35.5. The molecule has 2 aliphatic heterocycles. The molecule has 0 aromatic heterocycles. The maximum atomic E-state index is 13.0. The van der Waals surface area contributed by atoms with Gasteiger partial charge in [0.05, 0.1) is 12.8 Å². The Morgan fingerprint density at radius 2 is 2.20 bits per heavy atom. The number of nitrogens with one attached hydrogen (secondary N) is 2. The van der Waals surface area contributed by atoms with E-state index in [1.165, 1.54) is 23.5 Å². The van der Waals surface area contributed by atoms with Gasteiger partial charge in [-0.25, -0.2) is 8.42 Å². The van der Waals surface area contributed by atoms with Crippen LogP contribution in [0.3, 0.4) is 0 Å². The van der Waals surface area contributed by atoms with Crippen molar-refractivity contribution in [2.24, 2.45) is 5.92 Å². The fourth-order valence-corrected chi connectivity index (χ4v) is 4.74. The minimum Gasteiger partial charge on any atom is -0.495 e. The Labute approximate surface area is 153 Å². The molecule has 1 amide bonds. The van der Waals surface area contributed by atoms with Gasteiger partial charge in [-0.1, -0.05) is 0 Å². The molecule has 0 aliphatic carbocycles. The van der Waals surface area contributed by atoms with E-state index in [4.69, 9.17) is 9.47 Å². The number of hydrogen-bond donors (Lipinski definition) is 2. The molecule has 1 saturated heterocycles. The Bertz CT molecular complexity index is 756. The lowest BCUT2D eigenvalue weighted by molar-refractivity contribution is -0.118. The van der Waals surface area contributed by atoms with Crippen molar-refractivity contribution in [1.29, 1.82) is 0 Å². The molecule has 0 saturated carbocycles. The van der Waals surface area contributed by atoms with Crippen molar-refractivity contribution in [1.82, 2.24) is 9.62 Å². The number of ether oxygens (including phenoxy) is 2. The van der Waals surface area contributed by atoms with Crippen molar-refractivity contribution in [3.8, 4) is 11.5 Å². The number of methoxy groups -OCH3 is 1. The highest BCUT2D eigenvalue weighted by molar-refractivity contribution is 7.89. The number of carbonyl (C=O) groups excluding carboxylic acids is 1. The fourth-order valence-electron chi connectivity index (χ4n) is 3.06. The number of fused-ring (bicyclic) bond motifs is 1. The van der Waals surface area contributed by atoms with Gasteiger partial charge in [0, 0.05) is 25.2 Å². The molecule has 0 bridgehead atoms. The van der Waals surface area contributed by atoms with E-state index in [-0.39, 0.29) is 35.6 Å². The fraction of sp³-hybridized carbons (Fsp3) is 0.533. The molecule has 0 spiro atoms. The number of sulfonamides is 1. The summed E-state index contributed by atoms with van der Waals surface area (Å²) < 4.78 is 38.0. The van der Waals surface area contributed by atoms with Gasteiger partial charge < -0.3 is 20.1 Å². The summed E-state index contributed by atoms with van der Waals surface area (Å²) in [6.45, 7) is 1.60. The number of amides is 1. The van der Waals surface area contributed by atoms with Crippen LogP contribution in [-0.4, -0.2) is 59.0 Å². The molecule has 2 heterocycles. The Hall–Kier alpha value is -1.55. The van der Waals surface area contributed by atoms with Crippen LogP contribution in [0.25, 0.3) is 0 Å². The first-order chi connectivity index (χ1) is 11.5. The molecule has 2 aliphatic rings. The summed E-state index contributed by atoms with van der Waals surface area (Å²) in [5.41, 5.74) is 0.413. The van der Waals surface area contributed by atoms with Gasteiger partial charge in [0.2, 0.25) is 10.0 Å². The molecule has 10 heteroatoms. The minimum atomic E-state index is -3.69. The number of anilines is 1. The van der Waals surface area contributed by atoms with E-state index in [1.54, 1.807) is 0 Å². The number of carbonyl (C=O) groups is 1. The van der Waals surface area contributed by atoms with Crippen LogP contribution in [0.5, 0.6) is 11.5 Å². The summed E-state index contributed by atoms with van der Waals surface area (Å²) in [6, 6.07) is 2.91. The number of rotatable bonds is 5. The maximum absolute atomic E-state index is 13.0. The molecule has 1 fully saturated rings. The van der Waals surface area contributed by atoms with Gasteiger partial charge in [-0.15, -0.1) is 12.4 Å². The average molecular weight is 392 g/mol. The summed E-state index contributed by atoms with van der Waals surface area (Å²) in [5, 5.41) is 5.73. The summed E-state index contributed by atoms with van der Waals surface area (Å²) in [6.07, 6.45) is 0.819. The molecule has 25 heavy (non-hydrogen) atoms. The average Bonchev–Trinajstić information content (AvgIpc) is 3.03. The van der Waals surface area contributed by atoms with Gasteiger partial charge in [0.15, 0.2) is 6.61 Å². The van der Waals surface area contributed by atoms with Crippen molar-refractivity contribution >= 4 is 34.0 Å². The molecule has 1 aromatic rings. The Morgan fingerprint density at radius 3 is 2.88 bits per heavy atom. The topological polar surface area (TPSA) is 97.0 Å². The van der Waals surface area contributed by atoms with Crippen LogP contribution >= 0.6 is 12.4 Å². The van der Waals surface area contributed by atoms with E-state index < -0.39 is 10.0 Å². The highest BCUT2D eigenvalue weighted by Gasteiger charge is 2.35. The lowest BCUT2D eigenvalue weighted by Crippen LogP contribution is -2.31. The Kier molecular flexibility index (Phi) is 6.15. The summed E-state index contributed by atoms with van der Waals surface area (Å²) in [5.74, 6) is 0.537. The first-order valence-electron chi connectivity index (χ1n) is 7.75. The van der Waals surface area contributed by atoms with Gasteiger partial charge >= 0.3 is 0 Å². The van der Waals surface area contributed by atoms with Gasteiger partial charge in [-0.2, -0.15) is 4.31 Å². The summed E-state index contributed by atoms with van der Waals surface area (Å²) in [4.78, 5) is 11.5. The van der Waals surface area contributed by atoms with E-state index in [1.807, 2.05) is 7.05 Å². The van der Waals surface area contributed by atoms with Crippen molar-refractivity contribution in [2.45, 2.75) is 11.3 Å². The second-order valence-electron chi connectivity index (χ2n) is 5.91. The van der Waals surface area contributed by atoms with Gasteiger partial charge in [0.1, 0.15) is 16.4 Å². The third kappa shape index (κ3) is 3.84. The smallest absolute Gasteiger partial charge is 0.262 e. The minimum absolute atomic E-state index is 0. The lowest BCUT2D eigenvalue weighted by Gasteiger charge is -2.23. The number of nitrogens with zero attached hydrogens (tertiary/aromatic N) is 1. The molecular formula is C15H22ClN3O5S. The van der Waals surface area contributed by atoms with Crippen LogP contribution < -0.4 is 20.1 Å². The van der Waals surface area contributed by atoms with Gasteiger partial charge in [-0.05, 0) is 25.9 Å². The molecule has 8 nitrogen and oxygen atoms in total. The van der Waals surface area contributed by atoms with Crippen molar-refractivity contribution < 1.29 is 22.7 Å². The molecule has 3 rings (SSSR count). The predicted octanol–water partition coefficient (Wildman–Crippen LogP) is 0.678. The SMILES string of the molecule is CNCC1CCN(S(=O)(=O)c2cc3c(cc2OC)NC(=O)CO3)C1.Cl. The Morgan fingerprint density at radius 1 is 1.44 bits per heavy atom. The number of halogens is 1. The third-order valence-corrected chi connectivity index (χ3v) is 6.14. The standard InChI is InChI=1S/C15H21N3O5S.ClH/c1-16-7-10-3-4-18(8-10)24(20,21)14-6-12-11(5-13(14)22-2)17-15(19)9-23-12;/h5-6,10,16H,3-4,7-9H2,1-2H3,(H,17,19);1H. The normalized spacial score (nSPS) is 20.2. The Balaban J connectivity index is 0.00000225. The molecule has 1 unspecified atom stereocenters. The van der Waals surface area contributed by atoms with Crippen LogP contribution in [-0.2, 0) is 14.8 Å². The largest absolute Gasteiger partial charge is 0.495 e. The summed E-state index contributed by atoms with van der Waals surface area (Å²) in [7, 11) is -0.433. The zero-order valence-electron chi connectivity index (χ0n) is 14.1. The monoisotopic (exact) mass is 391 g/mol. The van der Waals surface area contributed by atoms with Crippen LogP contribution in [0.4, 0.5) is 5.69 Å². The first kappa shape index (κ1) is 19.8. The van der Waals surface area contributed by atoms with Crippen molar-refractivity contribution in [3.63, 3.8) is 0 Å². The second-order valence-corrected chi connectivity index (χ2v) is 7.82. The zero-order valence-corrected chi connectivity index (χ0v) is 15.7. The van der Waals surface area contributed by atoms with E-state index >= 15 is 0 Å². The maximum Gasteiger partial charge on any atom is 0.262 e. The van der Waals surface area contributed by atoms with Crippen molar-refractivity contribution in [2.75, 3.05) is 45.7 Å². The lowest BCUT2D eigenvalue weighted by atomic mass is 10.1. The highest BCUT2D eigenvalue weighted by Crippen LogP contribution is 2.39. The number of hydrogen-bond acceptors (Lipinski definition) is 6. The quantitative estimate of drug-likeness (QED) is 0.766. The zero-order chi connectivity index (χ0) is 17.3. The first-order valence-corrected chi connectivity index (χ1v) is 9.19. The van der Waals surface area contributed by atoms with Crippen LogP contribution in [0.2, 0.25) is 0 Å². The van der Waals surface area contributed by atoms with Gasteiger partial charge in [-0.3, -0.25) is 4.79 Å². The van der Waals surface area contributed by atoms with Crippen molar-refractivity contribution in [3.05, 3.63) is 12.1 Å². The predicted molar refractivity (Wildman–Crippen MR) is 95.2 cm³/mol. The molecule has 0 radical (unpaired) electrons. The third-order valence-electron chi connectivity index (χ3n) is 4.26. The summed E-state index contributed by atoms with van der Waals surface area (Å²) >= 11 is 0. The van der Waals surface area contributed by atoms with Gasteiger partial charge in [0.25, 0.3) is 5.91 Å². The molecule has 2 N–H and O–H groups in total. The van der Waals surface area contributed by atoms with E-state index in [0.717, 1.165) is 13.0 Å². The van der Waals surface area contributed by atoms with Crippen LogP contribution in [0, 0.1) is 5.92 Å². The van der Waals surface area contributed by atoms with E-state index in [2.05, 4.69) is 10.6 Å². The molecular weight excluding hydrogens is 370 g/mol. The molecule has 140 valence electrons. The second kappa shape index (κ2) is 7.77. The molecule has 1 atom stereocenters.